The smallest absolute Gasteiger partial charge is 0.330 e. The van der Waals surface area contributed by atoms with Crippen molar-refractivity contribution in [3.8, 4) is 35.8 Å². The largest absolute Gasteiger partial charge is 0.465 e. The lowest BCUT2D eigenvalue weighted by Gasteiger charge is -2.39. The highest BCUT2D eigenvalue weighted by Crippen LogP contribution is 2.44. The molecule has 4 aliphatic carbocycles. The highest BCUT2D eigenvalue weighted by Gasteiger charge is 2.37. The molecule has 0 aromatic heterocycles. The van der Waals surface area contributed by atoms with E-state index in [1.807, 2.05) is 0 Å². The Hall–Kier alpha value is -3.22. The molecule has 0 saturated heterocycles. The van der Waals surface area contributed by atoms with Crippen molar-refractivity contribution in [1.29, 1.82) is 10.5 Å². The van der Waals surface area contributed by atoms with Gasteiger partial charge in [-0.3, -0.25) is 4.79 Å². The summed E-state index contributed by atoms with van der Waals surface area (Å²) >= 11 is 0. The topological polar surface area (TPSA) is 100 Å². The third-order valence-electron chi connectivity index (χ3n) is 10.0. The second kappa shape index (κ2) is 16.4. The van der Waals surface area contributed by atoms with Crippen LogP contribution in [0, 0.1) is 99.6 Å². The molecule has 0 N–H and O–H groups in total. The molecule has 0 aromatic carbocycles. The third-order valence-corrected chi connectivity index (χ3v) is 10.0. The summed E-state index contributed by atoms with van der Waals surface area (Å²) in [5.41, 5.74) is 0. The van der Waals surface area contributed by atoms with E-state index in [9.17, 15) is 20.1 Å². The van der Waals surface area contributed by atoms with Gasteiger partial charge in [0.25, 0.3) is 0 Å². The molecule has 42 heavy (non-hydrogen) atoms. The second-order valence-corrected chi connectivity index (χ2v) is 12.9. The minimum atomic E-state index is -0.441. The van der Waals surface area contributed by atoms with Crippen LogP contribution in [0.5, 0.6) is 0 Å². The summed E-state index contributed by atoms with van der Waals surface area (Å²) in [6.07, 6.45) is 15.3. The van der Waals surface area contributed by atoms with Gasteiger partial charge < -0.3 is 9.47 Å². The molecule has 4 aliphatic rings. The van der Waals surface area contributed by atoms with Crippen LogP contribution in [0.25, 0.3) is 0 Å². The highest BCUT2D eigenvalue weighted by molar-refractivity contribution is 5.81. The van der Waals surface area contributed by atoms with Gasteiger partial charge in [-0.2, -0.15) is 10.5 Å². The molecule has 4 rings (SSSR count). The Bertz CT molecular complexity index is 1150. The van der Waals surface area contributed by atoms with Crippen molar-refractivity contribution in [3.05, 3.63) is 12.7 Å². The second-order valence-electron chi connectivity index (χ2n) is 12.9. The number of carbonyl (C=O) groups is 2. The third kappa shape index (κ3) is 9.40. The summed E-state index contributed by atoms with van der Waals surface area (Å²) in [4.78, 5) is 24.5. The van der Waals surface area contributed by atoms with Gasteiger partial charge in [-0.1, -0.05) is 30.3 Å². The molecule has 0 heterocycles. The highest BCUT2D eigenvalue weighted by atomic mass is 16.5. The first kappa shape index (κ1) is 31.7. The van der Waals surface area contributed by atoms with Gasteiger partial charge in [0.05, 0.1) is 31.3 Å². The van der Waals surface area contributed by atoms with Crippen LogP contribution in [0.4, 0.5) is 0 Å². The molecule has 224 valence electrons. The number of carbonyl (C=O) groups excluding carboxylic acids is 2. The van der Waals surface area contributed by atoms with E-state index < -0.39 is 5.97 Å². The summed E-state index contributed by atoms with van der Waals surface area (Å²) in [7, 11) is 0. The number of hydrogen-bond donors (Lipinski definition) is 0. The van der Waals surface area contributed by atoms with Crippen LogP contribution in [0.3, 0.4) is 0 Å². The van der Waals surface area contributed by atoms with Gasteiger partial charge in [0.15, 0.2) is 0 Å². The normalized spacial score (nSPS) is 33.9. The van der Waals surface area contributed by atoms with Crippen molar-refractivity contribution >= 4 is 11.9 Å². The number of rotatable bonds is 7. The lowest BCUT2D eigenvalue weighted by atomic mass is 9.65. The van der Waals surface area contributed by atoms with Crippen LogP contribution in [0.1, 0.15) is 96.3 Å². The molecule has 0 amide bonds. The van der Waals surface area contributed by atoms with Crippen molar-refractivity contribution < 1.29 is 19.1 Å². The van der Waals surface area contributed by atoms with Crippen LogP contribution in [-0.2, 0) is 19.1 Å². The Labute approximate surface area is 252 Å². The fraction of sp³-hybridized carbons (Fsp3) is 0.722. The first-order valence-electron chi connectivity index (χ1n) is 16.3. The maximum Gasteiger partial charge on any atom is 0.330 e. The summed E-state index contributed by atoms with van der Waals surface area (Å²) in [6.45, 7) is 3.98. The van der Waals surface area contributed by atoms with E-state index in [0.717, 1.165) is 83.1 Å². The molecule has 0 aromatic rings. The molecule has 7 unspecified atom stereocenters. The summed E-state index contributed by atoms with van der Waals surface area (Å²) in [5.74, 6) is 15.9. The average molecular weight is 571 g/mol. The van der Waals surface area contributed by atoms with Gasteiger partial charge in [-0.25, -0.2) is 4.79 Å². The molecule has 0 bridgehead atoms. The van der Waals surface area contributed by atoms with Gasteiger partial charge in [-0.05, 0) is 108 Å². The van der Waals surface area contributed by atoms with Gasteiger partial charge in [0, 0.05) is 41.6 Å². The molecule has 6 heteroatoms. The lowest BCUT2D eigenvalue weighted by Crippen LogP contribution is -2.32. The first-order valence-corrected chi connectivity index (χ1v) is 16.3. The summed E-state index contributed by atoms with van der Waals surface area (Å²) in [6, 6.07) is 4.87. The average Bonchev–Trinajstić information content (AvgIpc) is 3.04. The monoisotopic (exact) mass is 570 g/mol. The molecule has 6 nitrogen and oxygen atoms in total. The standard InChI is InChI=1S/C36H46N2O4/c1-2-35(39)41-19-3-4-20-42-36(40)34-23-28(8-5-26-6-9-29(24-37)10-7-26)12-16-31(34)15-11-27-13-17-33-22-30(25-38)14-18-32(33)21-27/h2,26-34H,1,3-4,6-7,9-10,12-14,16-23H2. The fourth-order valence-electron chi connectivity index (χ4n) is 7.42. The minimum absolute atomic E-state index is 0.0118. The van der Waals surface area contributed by atoms with Gasteiger partial charge in [-0.15, -0.1) is 0 Å². The Balaban J connectivity index is 1.33. The first-order chi connectivity index (χ1) is 20.5. The van der Waals surface area contributed by atoms with Crippen molar-refractivity contribution in [2.45, 2.75) is 96.3 Å². The minimum Gasteiger partial charge on any atom is -0.465 e. The molecule has 4 saturated carbocycles. The molecule has 0 radical (unpaired) electrons. The van der Waals surface area contributed by atoms with Crippen LogP contribution in [-0.4, -0.2) is 25.2 Å². The van der Waals surface area contributed by atoms with Gasteiger partial charge >= 0.3 is 11.9 Å². The van der Waals surface area contributed by atoms with E-state index in [1.165, 1.54) is 0 Å². The number of fused-ring (bicyclic) bond motifs is 1. The van der Waals surface area contributed by atoms with Crippen LogP contribution in [0.15, 0.2) is 12.7 Å². The van der Waals surface area contributed by atoms with Crippen LogP contribution in [0.2, 0.25) is 0 Å². The number of nitriles is 2. The van der Waals surface area contributed by atoms with Crippen LogP contribution < -0.4 is 0 Å². The molecular weight excluding hydrogens is 524 g/mol. The van der Waals surface area contributed by atoms with Crippen molar-refractivity contribution in [3.63, 3.8) is 0 Å². The van der Waals surface area contributed by atoms with E-state index in [0.29, 0.717) is 49.5 Å². The van der Waals surface area contributed by atoms with E-state index in [-0.39, 0.29) is 42.2 Å². The molecule has 0 aliphatic heterocycles. The predicted molar refractivity (Wildman–Crippen MR) is 160 cm³/mol. The maximum atomic E-state index is 13.3. The van der Waals surface area contributed by atoms with E-state index in [4.69, 9.17) is 9.47 Å². The summed E-state index contributed by atoms with van der Waals surface area (Å²) in [5, 5.41) is 18.5. The maximum absolute atomic E-state index is 13.3. The molecule has 0 spiro atoms. The Morgan fingerprint density at radius 3 is 1.86 bits per heavy atom. The molecular formula is C36H46N2O4. The van der Waals surface area contributed by atoms with Gasteiger partial charge in [0.2, 0.25) is 0 Å². The Morgan fingerprint density at radius 1 is 0.643 bits per heavy atom. The zero-order valence-corrected chi connectivity index (χ0v) is 25.0. The van der Waals surface area contributed by atoms with Crippen molar-refractivity contribution in [1.82, 2.24) is 0 Å². The van der Waals surface area contributed by atoms with Crippen LogP contribution >= 0.6 is 0 Å². The molecule has 4 fully saturated rings. The van der Waals surface area contributed by atoms with Gasteiger partial charge in [0.1, 0.15) is 0 Å². The Morgan fingerprint density at radius 2 is 1.17 bits per heavy atom. The van der Waals surface area contributed by atoms with Crippen molar-refractivity contribution in [2.75, 3.05) is 13.2 Å². The fourth-order valence-corrected chi connectivity index (χ4v) is 7.42. The van der Waals surface area contributed by atoms with E-state index in [1.54, 1.807) is 0 Å². The lowest BCUT2D eigenvalue weighted by molar-refractivity contribution is -0.151. The number of ether oxygens (including phenoxy) is 2. The summed E-state index contributed by atoms with van der Waals surface area (Å²) < 4.78 is 10.7. The predicted octanol–water partition coefficient (Wildman–Crippen LogP) is 6.76. The number of esters is 2. The number of nitrogens with zero attached hydrogens (tertiary/aromatic N) is 2. The quantitative estimate of drug-likeness (QED) is 0.145. The zero-order chi connectivity index (χ0) is 29.7. The van der Waals surface area contributed by atoms with Crippen molar-refractivity contribution in [2.24, 2.45) is 53.3 Å². The Kier molecular flexibility index (Phi) is 12.4. The van der Waals surface area contributed by atoms with E-state index in [2.05, 4.69) is 42.4 Å². The molecule has 7 atom stereocenters. The zero-order valence-electron chi connectivity index (χ0n) is 25.0. The SMILES string of the molecule is C=CC(=O)OCCCCOC(=O)C1CC(C#CC2CCC(C#N)CC2)CCC1C#CC1CCC2CC(C#N)CCC2C1. The number of hydrogen-bond acceptors (Lipinski definition) is 6. The number of unbranched alkanes of at least 4 members (excludes halogenated alkanes) is 1. The van der Waals surface area contributed by atoms with E-state index >= 15 is 0 Å².